The summed E-state index contributed by atoms with van der Waals surface area (Å²) < 4.78 is 0. The molecule has 2 rings (SSSR count). The summed E-state index contributed by atoms with van der Waals surface area (Å²) in [4.78, 5) is 2.53. The van der Waals surface area contributed by atoms with E-state index in [0.717, 1.165) is 25.9 Å². The fraction of sp³-hybridized carbons (Fsp3) is 0.857. The van der Waals surface area contributed by atoms with Gasteiger partial charge in [0.15, 0.2) is 0 Å². The fourth-order valence-electron chi connectivity index (χ4n) is 3.14. The average molecular weight is 231 g/mol. The second kappa shape index (κ2) is 5.52. The van der Waals surface area contributed by atoms with Gasteiger partial charge in [0.2, 0.25) is 0 Å². The predicted octanol–water partition coefficient (Wildman–Crippen LogP) is 2.84. The third kappa shape index (κ3) is 2.79. The Balaban J connectivity index is 1.90. The monoisotopic (exact) mass is 231 g/mol. The highest BCUT2D eigenvalue weighted by Gasteiger charge is 2.36. The summed E-state index contributed by atoms with van der Waals surface area (Å²) in [7, 11) is 0. The van der Waals surface area contributed by atoms with E-state index in [1.54, 1.807) is 0 Å². The van der Waals surface area contributed by atoms with Gasteiger partial charge in [0.25, 0.3) is 0 Å². The minimum atomic E-state index is -0.693. The lowest BCUT2D eigenvalue weighted by molar-refractivity contribution is 0.116. The molecule has 0 N–H and O–H groups in total. The van der Waals surface area contributed by atoms with Crippen LogP contribution >= 0.6 is 0 Å². The zero-order chi connectivity index (χ0) is 12.1. The van der Waals surface area contributed by atoms with Crippen molar-refractivity contribution in [3.63, 3.8) is 0 Å². The summed E-state index contributed by atoms with van der Waals surface area (Å²) >= 11 is 0. The molecule has 92 valence electrons. The Morgan fingerprint density at radius 2 is 1.41 bits per heavy atom. The Morgan fingerprint density at radius 3 is 1.88 bits per heavy atom. The van der Waals surface area contributed by atoms with E-state index >= 15 is 0 Å². The first-order chi connectivity index (χ1) is 8.29. The second-order valence-electron chi connectivity index (χ2n) is 5.49. The van der Waals surface area contributed by atoms with E-state index in [9.17, 15) is 0 Å². The largest absolute Gasteiger partial charge is 0.300 e. The summed E-state index contributed by atoms with van der Waals surface area (Å²) in [6, 6.07) is 5.15. The first-order valence-electron chi connectivity index (χ1n) is 6.86. The standard InChI is InChI=1S/C14H21N3/c15-11-14(12-16)7-9-17(10-8-14)13-5-3-1-2-4-6-13/h13H,1-10H2. The molecule has 0 aromatic heterocycles. The molecule has 0 amide bonds. The lowest BCUT2D eigenvalue weighted by Crippen LogP contribution is -2.44. The molecule has 1 aliphatic heterocycles. The van der Waals surface area contributed by atoms with Gasteiger partial charge in [-0.1, -0.05) is 25.7 Å². The van der Waals surface area contributed by atoms with Crippen molar-refractivity contribution in [1.29, 1.82) is 10.5 Å². The van der Waals surface area contributed by atoms with Gasteiger partial charge in [-0.15, -0.1) is 0 Å². The molecule has 2 fully saturated rings. The van der Waals surface area contributed by atoms with E-state index in [-0.39, 0.29) is 0 Å². The Labute approximate surface area is 104 Å². The first-order valence-corrected chi connectivity index (χ1v) is 6.86. The van der Waals surface area contributed by atoms with E-state index < -0.39 is 5.41 Å². The highest BCUT2D eigenvalue weighted by atomic mass is 15.2. The van der Waals surface area contributed by atoms with E-state index in [1.165, 1.54) is 38.5 Å². The maximum absolute atomic E-state index is 9.09. The van der Waals surface area contributed by atoms with Gasteiger partial charge in [-0.05, 0) is 25.7 Å². The van der Waals surface area contributed by atoms with Crippen molar-refractivity contribution in [1.82, 2.24) is 4.90 Å². The maximum atomic E-state index is 9.09. The minimum absolute atomic E-state index is 0.693. The smallest absolute Gasteiger partial charge is 0.146 e. The van der Waals surface area contributed by atoms with E-state index in [2.05, 4.69) is 17.0 Å². The van der Waals surface area contributed by atoms with Crippen LogP contribution in [0.1, 0.15) is 51.4 Å². The molecule has 0 bridgehead atoms. The molecule has 0 atom stereocenters. The Hall–Kier alpha value is -1.06. The van der Waals surface area contributed by atoms with Gasteiger partial charge in [-0.25, -0.2) is 0 Å². The molecule has 1 saturated heterocycles. The topological polar surface area (TPSA) is 50.8 Å². The molecule has 1 heterocycles. The van der Waals surface area contributed by atoms with Gasteiger partial charge in [0.05, 0.1) is 12.1 Å². The SMILES string of the molecule is N#CC1(C#N)CCN(C2CCCCCC2)CC1. The summed E-state index contributed by atoms with van der Waals surface area (Å²) in [5.41, 5.74) is -0.693. The van der Waals surface area contributed by atoms with Crippen molar-refractivity contribution >= 4 is 0 Å². The summed E-state index contributed by atoms with van der Waals surface area (Å²) in [5, 5.41) is 18.2. The Kier molecular flexibility index (Phi) is 4.02. The van der Waals surface area contributed by atoms with Crippen LogP contribution in [0.15, 0.2) is 0 Å². The second-order valence-corrected chi connectivity index (χ2v) is 5.49. The van der Waals surface area contributed by atoms with Gasteiger partial charge in [-0.2, -0.15) is 10.5 Å². The number of piperidine rings is 1. The number of likely N-dealkylation sites (tertiary alicyclic amines) is 1. The van der Waals surface area contributed by atoms with Crippen molar-refractivity contribution in [3.8, 4) is 12.1 Å². The Bertz CT molecular complexity index is 304. The normalized spacial score (nSPS) is 26.7. The number of rotatable bonds is 1. The van der Waals surface area contributed by atoms with Crippen molar-refractivity contribution in [2.75, 3.05) is 13.1 Å². The molecule has 0 spiro atoms. The van der Waals surface area contributed by atoms with Crippen LogP contribution in [-0.2, 0) is 0 Å². The van der Waals surface area contributed by atoms with Gasteiger partial charge in [0.1, 0.15) is 5.41 Å². The summed E-state index contributed by atoms with van der Waals surface area (Å²) in [6.45, 7) is 1.87. The molecule has 0 unspecified atom stereocenters. The molecule has 1 saturated carbocycles. The van der Waals surface area contributed by atoms with Crippen molar-refractivity contribution in [3.05, 3.63) is 0 Å². The minimum Gasteiger partial charge on any atom is -0.300 e. The van der Waals surface area contributed by atoms with Crippen LogP contribution in [0.2, 0.25) is 0 Å². The predicted molar refractivity (Wildman–Crippen MR) is 66.0 cm³/mol. The summed E-state index contributed by atoms with van der Waals surface area (Å²) in [5.74, 6) is 0. The first kappa shape index (κ1) is 12.4. The van der Waals surface area contributed by atoms with Gasteiger partial charge >= 0.3 is 0 Å². The summed E-state index contributed by atoms with van der Waals surface area (Å²) in [6.07, 6.45) is 9.55. The number of nitrogens with zero attached hydrogens (tertiary/aromatic N) is 3. The van der Waals surface area contributed by atoms with Gasteiger partial charge < -0.3 is 4.90 Å². The number of nitriles is 2. The van der Waals surface area contributed by atoms with E-state index in [4.69, 9.17) is 10.5 Å². The fourth-order valence-corrected chi connectivity index (χ4v) is 3.14. The molecule has 1 aliphatic carbocycles. The van der Waals surface area contributed by atoms with Crippen molar-refractivity contribution in [2.24, 2.45) is 5.41 Å². The van der Waals surface area contributed by atoms with Crippen LogP contribution in [0.3, 0.4) is 0 Å². The van der Waals surface area contributed by atoms with Crippen LogP contribution in [-0.4, -0.2) is 24.0 Å². The van der Waals surface area contributed by atoms with E-state index in [0.29, 0.717) is 6.04 Å². The zero-order valence-electron chi connectivity index (χ0n) is 10.5. The molecular weight excluding hydrogens is 210 g/mol. The highest BCUT2D eigenvalue weighted by molar-refractivity contribution is 5.15. The molecule has 17 heavy (non-hydrogen) atoms. The molecule has 3 heteroatoms. The average Bonchev–Trinajstić information content (AvgIpc) is 2.68. The van der Waals surface area contributed by atoms with Gasteiger partial charge in [0, 0.05) is 19.1 Å². The molecule has 3 nitrogen and oxygen atoms in total. The third-order valence-corrected chi connectivity index (χ3v) is 4.42. The van der Waals surface area contributed by atoms with E-state index in [1.807, 2.05) is 0 Å². The Morgan fingerprint density at radius 1 is 0.882 bits per heavy atom. The highest BCUT2D eigenvalue weighted by Crippen LogP contribution is 2.33. The van der Waals surface area contributed by atoms with Crippen molar-refractivity contribution < 1.29 is 0 Å². The van der Waals surface area contributed by atoms with Crippen LogP contribution in [0.4, 0.5) is 0 Å². The van der Waals surface area contributed by atoms with Crippen LogP contribution < -0.4 is 0 Å². The maximum Gasteiger partial charge on any atom is 0.146 e. The third-order valence-electron chi connectivity index (χ3n) is 4.42. The van der Waals surface area contributed by atoms with Crippen molar-refractivity contribution in [2.45, 2.75) is 57.4 Å². The zero-order valence-corrected chi connectivity index (χ0v) is 10.5. The lowest BCUT2D eigenvalue weighted by Gasteiger charge is -2.38. The lowest BCUT2D eigenvalue weighted by atomic mass is 9.80. The molecule has 2 aliphatic rings. The molecule has 0 radical (unpaired) electrons. The molecular formula is C14H21N3. The number of hydrogen-bond donors (Lipinski definition) is 0. The van der Waals surface area contributed by atoms with Crippen LogP contribution in [0, 0.1) is 28.1 Å². The quantitative estimate of drug-likeness (QED) is 0.652. The molecule has 0 aromatic carbocycles. The van der Waals surface area contributed by atoms with Crippen LogP contribution in [0.5, 0.6) is 0 Å². The molecule has 0 aromatic rings. The number of hydrogen-bond acceptors (Lipinski definition) is 3. The van der Waals surface area contributed by atoms with Gasteiger partial charge in [-0.3, -0.25) is 0 Å². The van der Waals surface area contributed by atoms with Crippen LogP contribution in [0.25, 0.3) is 0 Å².